The highest BCUT2D eigenvalue weighted by molar-refractivity contribution is 5.83. The SMILES string of the molecule is CCCCCc1cc(O)c2c(c1)OC(C)(C)C1=C2[C@@H](CCC)[C@](C)(O)CC1. The average molecular weight is 373 g/mol. The zero-order chi connectivity index (χ0) is 19.8. The van der Waals surface area contributed by atoms with Gasteiger partial charge in [0.2, 0.25) is 0 Å². The second kappa shape index (κ2) is 7.50. The Morgan fingerprint density at radius 1 is 1.11 bits per heavy atom. The maximum atomic E-state index is 11.1. The van der Waals surface area contributed by atoms with Crippen LogP contribution >= 0.6 is 0 Å². The fraction of sp³-hybridized carbons (Fsp3) is 0.667. The summed E-state index contributed by atoms with van der Waals surface area (Å²) in [6.07, 6.45) is 7.94. The lowest BCUT2D eigenvalue weighted by Crippen LogP contribution is -2.45. The average Bonchev–Trinajstić information content (AvgIpc) is 2.56. The Morgan fingerprint density at radius 3 is 2.52 bits per heavy atom. The van der Waals surface area contributed by atoms with Crippen molar-refractivity contribution >= 4 is 5.57 Å². The second-order valence-electron chi connectivity index (χ2n) is 9.15. The van der Waals surface area contributed by atoms with Crippen LogP contribution in [0.1, 0.15) is 90.7 Å². The van der Waals surface area contributed by atoms with E-state index in [1.807, 2.05) is 13.0 Å². The number of phenols is 1. The molecular weight excluding hydrogens is 336 g/mol. The first-order valence-electron chi connectivity index (χ1n) is 10.7. The molecule has 2 N–H and O–H groups in total. The number of aliphatic hydroxyl groups is 1. The van der Waals surface area contributed by atoms with Gasteiger partial charge in [0.1, 0.15) is 17.1 Å². The summed E-state index contributed by atoms with van der Waals surface area (Å²) in [5.74, 6) is 1.12. The fourth-order valence-corrected chi connectivity index (χ4v) is 4.97. The molecule has 3 heteroatoms. The van der Waals surface area contributed by atoms with Gasteiger partial charge in [-0.05, 0) is 81.7 Å². The van der Waals surface area contributed by atoms with E-state index >= 15 is 0 Å². The number of benzene rings is 1. The summed E-state index contributed by atoms with van der Waals surface area (Å²) in [5, 5.41) is 22.1. The van der Waals surface area contributed by atoms with Crippen LogP contribution in [-0.4, -0.2) is 21.4 Å². The minimum Gasteiger partial charge on any atom is -0.507 e. The number of rotatable bonds is 6. The van der Waals surface area contributed by atoms with Crippen molar-refractivity contribution in [2.75, 3.05) is 0 Å². The van der Waals surface area contributed by atoms with Gasteiger partial charge in [0.15, 0.2) is 0 Å². The first-order chi connectivity index (χ1) is 12.7. The molecule has 0 bridgehead atoms. The molecule has 0 spiro atoms. The number of aryl methyl sites for hydroxylation is 1. The molecule has 2 atom stereocenters. The van der Waals surface area contributed by atoms with Crippen LogP contribution in [0.4, 0.5) is 0 Å². The molecule has 1 heterocycles. The van der Waals surface area contributed by atoms with E-state index in [9.17, 15) is 10.2 Å². The number of aromatic hydroxyl groups is 1. The fourth-order valence-electron chi connectivity index (χ4n) is 4.97. The first kappa shape index (κ1) is 20.3. The second-order valence-corrected chi connectivity index (χ2v) is 9.15. The number of unbranched alkanes of at least 4 members (excludes halogenated alkanes) is 2. The molecule has 0 amide bonds. The predicted octanol–water partition coefficient (Wildman–Crippen LogP) is 6.01. The maximum absolute atomic E-state index is 11.1. The van der Waals surface area contributed by atoms with E-state index in [2.05, 4.69) is 33.8 Å². The smallest absolute Gasteiger partial charge is 0.132 e. The lowest BCUT2D eigenvalue weighted by Gasteiger charge is -2.47. The summed E-state index contributed by atoms with van der Waals surface area (Å²) < 4.78 is 6.41. The number of ether oxygens (including phenoxy) is 1. The lowest BCUT2D eigenvalue weighted by atomic mass is 9.65. The molecule has 150 valence electrons. The maximum Gasteiger partial charge on any atom is 0.132 e. The molecule has 0 aromatic heterocycles. The molecule has 27 heavy (non-hydrogen) atoms. The molecular formula is C24H36O3. The monoisotopic (exact) mass is 372 g/mol. The van der Waals surface area contributed by atoms with E-state index in [0.29, 0.717) is 5.75 Å². The molecule has 1 aromatic rings. The van der Waals surface area contributed by atoms with Crippen LogP contribution in [0.3, 0.4) is 0 Å². The van der Waals surface area contributed by atoms with Gasteiger partial charge in [-0.25, -0.2) is 0 Å². The van der Waals surface area contributed by atoms with Crippen LogP contribution in [0.25, 0.3) is 5.57 Å². The number of fused-ring (bicyclic) bond motifs is 2. The number of hydrogen-bond donors (Lipinski definition) is 2. The van der Waals surface area contributed by atoms with Crippen molar-refractivity contribution in [3.8, 4) is 11.5 Å². The van der Waals surface area contributed by atoms with Gasteiger partial charge in [0.25, 0.3) is 0 Å². The first-order valence-corrected chi connectivity index (χ1v) is 10.7. The summed E-state index contributed by atoms with van der Waals surface area (Å²) in [4.78, 5) is 0. The zero-order valence-electron chi connectivity index (χ0n) is 17.7. The third-order valence-corrected chi connectivity index (χ3v) is 6.45. The van der Waals surface area contributed by atoms with Gasteiger partial charge < -0.3 is 14.9 Å². The largest absolute Gasteiger partial charge is 0.507 e. The molecule has 0 fully saturated rings. The molecule has 3 rings (SSSR count). The van der Waals surface area contributed by atoms with Crippen LogP contribution < -0.4 is 4.74 Å². The molecule has 0 radical (unpaired) electrons. The molecule has 0 saturated carbocycles. The van der Waals surface area contributed by atoms with E-state index in [1.54, 1.807) is 0 Å². The van der Waals surface area contributed by atoms with Crippen molar-refractivity contribution in [3.63, 3.8) is 0 Å². The topological polar surface area (TPSA) is 49.7 Å². The van der Waals surface area contributed by atoms with E-state index in [1.165, 1.54) is 18.4 Å². The summed E-state index contributed by atoms with van der Waals surface area (Å²) in [7, 11) is 0. The summed E-state index contributed by atoms with van der Waals surface area (Å²) >= 11 is 0. The molecule has 1 aliphatic carbocycles. The Bertz CT molecular complexity index is 727. The van der Waals surface area contributed by atoms with Gasteiger partial charge in [0.05, 0.1) is 11.2 Å². The Hall–Kier alpha value is -1.48. The van der Waals surface area contributed by atoms with Crippen LogP contribution in [0.2, 0.25) is 0 Å². The van der Waals surface area contributed by atoms with Crippen LogP contribution in [0.15, 0.2) is 17.7 Å². The number of phenolic OH excluding ortho intramolecular Hbond substituents is 1. The third kappa shape index (κ3) is 3.76. The van der Waals surface area contributed by atoms with Crippen molar-refractivity contribution in [1.82, 2.24) is 0 Å². The van der Waals surface area contributed by atoms with Gasteiger partial charge in [-0.3, -0.25) is 0 Å². The lowest BCUT2D eigenvalue weighted by molar-refractivity contribution is -0.00129. The van der Waals surface area contributed by atoms with Crippen molar-refractivity contribution in [1.29, 1.82) is 0 Å². The Kier molecular flexibility index (Phi) is 5.63. The van der Waals surface area contributed by atoms with Crippen LogP contribution in [0, 0.1) is 5.92 Å². The molecule has 1 aromatic carbocycles. The third-order valence-electron chi connectivity index (χ3n) is 6.45. The van der Waals surface area contributed by atoms with Gasteiger partial charge in [-0.15, -0.1) is 0 Å². The van der Waals surface area contributed by atoms with Crippen LogP contribution in [0.5, 0.6) is 11.5 Å². The van der Waals surface area contributed by atoms with Crippen molar-refractivity contribution in [2.24, 2.45) is 5.92 Å². The zero-order valence-corrected chi connectivity index (χ0v) is 17.7. The van der Waals surface area contributed by atoms with Crippen LogP contribution in [-0.2, 0) is 6.42 Å². The van der Waals surface area contributed by atoms with Gasteiger partial charge >= 0.3 is 0 Å². The summed E-state index contributed by atoms with van der Waals surface area (Å²) in [6, 6.07) is 4.02. The molecule has 0 unspecified atom stereocenters. The Morgan fingerprint density at radius 2 is 1.85 bits per heavy atom. The van der Waals surface area contributed by atoms with Gasteiger partial charge in [0, 0.05) is 5.92 Å². The van der Waals surface area contributed by atoms with Gasteiger partial charge in [-0.1, -0.05) is 33.1 Å². The summed E-state index contributed by atoms with van der Waals surface area (Å²) in [6.45, 7) is 10.6. The molecule has 1 aliphatic heterocycles. The quantitative estimate of drug-likeness (QED) is 0.601. The highest BCUT2D eigenvalue weighted by Crippen LogP contribution is 2.55. The number of hydrogen-bond acceptors (Lipinski definition) is 3. The standard InChI is InChI=1S/C24H36O3/c1-6-8-9-11-16-14-19(25)22-20(15-16)27-23(3,4)17-12-13-24(5,26)18(10-7-2)21(17)22/h14-15,18,25-26H,6-13H2,1-5H3/t18-,24-/m1/s1. The minimum atomic E-state index is -0.744. The highest BCUT2D eigenvalue weighted by atomic mass is 16.5. The normalized spacial score (nSPS) is 26.4. The minimum absolute atomic E-state index is 0.0324. The van der Waals surface area contributed by atoms with Crippen molar-refractivity contribution < 1.29 is 14.9 Å². The van der Waals surface area contributed by atoms with Gasteiger partial charge in [-0.2, -0.15) is 0 Å². The summed E-state index contributed by atoms with van der Waals surface area (Å²) in [5.41, 5.74) is 3.19. The van der Waals surface area contributed by atoms with E-state index < -0.39 is 11.2 Å². The molecule has 3 nitrogen and oxygen atoms in total. The molecule has 0 saturated heterocycles. The van der Waals surface area contributed by atoms with E-state index in [4.69, 9.17) is 4.74 Å². The van der Waals surface area contributed by atoms with Crippen molar-refractivity contribution in [3.05, 3.63) is 28.8 Å². The highest BCUT2D eigenvalue weighted by Gasteiger charge is 2.47. The Labute approximate surface area is 164 Å². The van der Waals surface area contributed by atoms with Crippen molar-refractivity contribution in [2.45, 2.75) is 97.2 Å². The Balaban J connectivity index is 2.11. The predicted molar refractivity (Wildman–Crippen MR) is 111 cm³/mol. The molecule has 2 aliphatic rings. The van der Waals surface area contributed by atoms with E-state index in [0.717, 1.165) is 61.0 Å². The van der Waals surface area contributed by atoms with E-state index in [-0.39, 0.29) is 5.92 Å².